The van der Waals surface area contributed by atoms with Crippen molar-refractivity contribution in [3.8, 4) is 0 Å². The molecule has 0 saturated carbocycles. The van der Waals surface area contributed by atoms with Gasteiger partial charge in [-0.15, -0.1) is 0 Å². The maximum Gasteiger partial charge on any atom is 0.416 e. The molecular formula is C23H20ClF6N3O3S. The number of anilines is 2. The van der Waals surface area contributed by atoms with Crippen molar-refractivity contribution in [2.45, 2.75) is 31.9 Å². The molecule has 0 spiro atoms. The summed E-state index contributed by atoms with van der Waals surface area (Å²) in [6, 6.07) is 4.27. The lowest BCUT2D eigenvalue weighted by Gasteiger charge is -2.31. The second kappa shape index (κ2) is 10.3. The molecule has 3 rings (SSSR count). The lowest BCUT2D eigenvalue weighted by atomic mass is 10.1. The molecule has 1 heterocycles. The summed E-state index contributed by atoms with van der Waals surface area (Å²) >= 11 is 6.01. The van der Waals surface area contributed by atoms with Gasteiger partial charge < -0.3 is 5.32 Å². The Balaban J connectivity index is 1.84. The molecule has 1 atom stereocenters. The Bertz CT molecular complexity index is 1340. The predicted octanol–water partition coefficient (Wildman–Crippen LogP) is 6.56. The smallest absolute Gasteiger partial charge is 0.308 e. The summed E-state index contributed by atoms with van der Waals surface area (Å²) in [6.45, 7) is 0.999. The molecular weight excluding hydrogens is 548 g/mol. The Morgan fingerprint density at radius 3 is 2.24 bits per heavy atom. The fourth-order valence-corrected chi connectivity index (χ4v) is 4.51. The Labute approximate surface area is 213 Å². The van der Waals surface area contributed by atoms with E-state index in [1.54, 1.807) is 0 Å². The number of alkyl halides is 6. The summed E-state index contributed by atoms with van der Waals surface area (Å²) < 4.78 is 105. The number of allylic oxidation sites excluding steroid dienone is 2. The van der Waals surface area contributed by atoms with Gasteiger partial charge >= 0.3 is 18.4 Å². The highest BCUT2D eigenvalue weighted by Crippen LogP contribution is 2.34. The largest absolute Gasteiger partial charge is 0.416 e. The Hall–Kier alpha value is -3.19. The average Bonchev–Trinajstić information content (AvgIpc) is 2.76. The first-order chi connectivity index (χ1) is 17.0. The molecule has 6 nitrogen and oxygen atoms in total. The number of rotatable bonds is 5. The van der Waals surface area contributed by atoms with E-state index in [2.05, 4.69) is 5.32 Å². The van der Waals surface area contributed by atoms with Crippen LogP contribution >= 0.6 is 11.6 Å². The third kappa shape index (κ3) is 6.98. The number of benzene rings is 2. The number of nitrogens with zero attached hydrogens (tertiary/aromatic N) is 2. The number of urea groups is 1. The van der Waals surface area contributed by atoms with E-state index in [0.29, 0.717) is 10.5 Å². The molecule has 0 fully saturated rings. The number of halogens is 7. The van der Waals surface area contributed by atoms with Gasteiger partial charge in [0.05, 0.1) is 24.1 Å². The van der Waals surface area contributed by atoms with E-state index >= 15 is 0 Å². The molecule has 14 heteroatoms. The summed E-state index contributed by atoms with van der Waals surface area (Å²) in [4.78, 5) is 13.1. The number of nitrogens with one attached hydrogen (secondary N) is 1. The Morgan fingerprint density at radius 2 is 1.70 bits per heavy atom. The average molecular weight is 568 g/mol. The SMILES string of the molecule is CC1=CN(C(=O)Nc2ccc(N(Cc3cc(C(F)(F)F)ccc3Cl)S(C)(=O)=O)cc2)C(C(F)(F)F)C=C1. The van der Waals surface area contributed by atoms with Gasteiger partial charge in [0.1, 0.15) is 0 Å². The van der Waals surface area contributed by atoms with Gasteiger partial charge in [-0.2, -0.15) is 26.3 Å². The van der Waals surface area contributed by atoms with Crippen LogP contribution in [0.25, 0.3) is 0 Å². The molecule has 2 amide bonds. The molecule has 0 aromatic heterocycles. The van der Waals surface area contributed by atoms with Crippen LogP contribution in [0.3, 0.4) is 0 Å². The van der Waals surface area contributed by atoms with Crippen LogP contribution in [0.15, 0.2) is 66.4 Å². The first-order valence-electron chi connectivity index (χ1n) is 10.4. The zero-order valence-electron chi connectivity index (χ0n) is 19.2. The van der Waals surface area contributed by atoms with E-state index in [-0.39, 0.29) is 22.0 Å². The van der Waals surface area contributed by atoms with Gasteiger partial charge in [-0.05, 0) is 60.5 Å². The van der Waals surface area contributed by atoms with Crippen molar-refractivity contribution >= 4 is 39.0 Å². The molecule has 0 bridgehead atoms. The predicted molar refractivity (Wildman–Crippen MR) is 128 cm³/mol. The minimum atomic E-state index is -4.71. The molecule has 1 aliphatic rings. The fourth-order valence-electron chi connectivity index (χ4n) is 3.46. The number of amides is 2. The summed E-state index contributed by atoms with van der Waals surface area (Å²) in [6.07, 6.45) is -5.40. The molecule has 0 aliphatic carbocycles. The molecule has 1 unspecified atom stereocenters. The lowest BCUT2D eigenvalue weighted by molar-refractivity contribution is -0.157. The highest BCUT2D eigenvalue weighted by Gasteiger charge is 2.44. The molecule has 200 valence electrons. The zero-order valence-corrected chi connectivity index (χ0v) is 20.8. The van der Waals surface area contributed by atoms with Gasteiger partial charge in [0.15, 0.2) is 6.04 Å². The molecule has 2 aromatic carbocycles. The first-order valence-corrected chi connectivity index (χ1v) is 12.7. The topological polar surface area (TPSA) is 69.7 Å². The van der Waals surface area contributed by atoms with E-state index in [0.717, 1.165) is 41.0 Å². The van der Waals surface area contributed by atoms with Gasteiger partial charge in [0.25, 0.3) is 0 Å². The third-order valence-corrected chi connectivity index (χ3v) is 6.76. The molecule has 0 radical (unpaired) electrons. The van der Waals surface area contributed by atoms with Crippen molar-refractivity contribution in [1.82, 2.24) is 4.90 Å². The summed E-state index contributed by atoms with van der Waals surface area (Å²) in [7, 11) is -4.01. The van der Waals surface area contributed by atoms with Crippen LogP contribution in [0, 0.1) is 0 Å². The van der Waals surface area contributed by atoms with Crippen LogP contribution in [0.4, 0.5) is 42.5 Å². The van der Waals surface area contributed by atoms with E-state index in [1.165, 1.54) is 37.3 Å². The number of carbonyl (C=O) groups is 1. The van der Waals surface area contributed by atoms with Crippen LogP contribution in [-0.4, -0.2) is 37.8 Å². The van der Waals surface area contributed by atoms with E-state index < -0.39 is 46.6 Å². The number of hydrogen-bond donors (Lipinski definition) is 1. The second-order valence-electron chi connectivity index (χ2n) is 8.18. The van der Waals surface area contributed by atoms with E-state index in [4.69, 9.17) is 11.6 Å². The van der Waals surface area contributed by atoms with Crippen molar-refractivity contribution in [3.63, 3.8) is 0 Å². The highest BCUT2D eigenvalue weighted by molar-refractivity contribution is 7.92. The Kier molecular flexibility index (Phi) is 7.89. The van der Waals surface area contributed by atoms with Gasteiger partial charge in [0, 0.05) is 16.9 Å². The van der Waals surface area contributed by atoms with Crippen molar-refractivity contribution in [3.05, 3.63) is 82.5 Å². The number of sulfonamides is 1. The van der Waals surface area contributed by atoms with Crippen LogP contribution < -0.4 is 9.62 Å². The molecule has 2 aromatic rings. The second-order valence-corrected chi connectivity index (χ2v) is 10.5. The quantitative estimate of drug-likeness (QED) is 0.416. The molecule has 1 N–H and O–H groups in total. The Morgan fingerprint density at radius 1 is 1.08 bits per heavy atom. The van der Waals surface area contributed by atoms with Crippen LogP contribution in [0.2, 0.25) is 5.02 Å². The van der Waals surface area contributed by atoms with Crippen LogP contribution in [0.1, 0.15) is 18.1 Å². The standard InChI is InChI=1S/C23H20ClF6N3O3S/c1-14-3-10-20(23(28,29)30)32(12-14)21(34)31-17-5-7-18(8-6-17)33(37(2,35)36)13-15-11-16(22(25,26)27)4-9-19(15)24/h3-12,20H,13H2,1-2H3,(H,31,34). The van der Waals surface area contributed by atoms with Crippen molar-refractivity contribution < 1.29 is 39.6 Å². The normalized spacial score (nSPS) is 16.4. The van der Waals surface area contributed by atoms with Gasteiger partial charge in [-0.25, -0.2) is 13.2 Å². The van der Waals surface area contributed by atoms with Gasteiger partial charge in [0.2, 0.25) is 10.0 Å². The molecule has 37 heavy (non-hydrogen) atoms. The van der Waals surface area contributed by atoms with Crippen molar-refractivity contribution in [2.24, 2.45) is 0 Å². The van der Waals surface area contributed by atoms with Crippen molar-refractivity contribution in [2.75, 3.05) is 15.9 Å². The van der Waals surface area contributed by atoms with Crippen LogP contribution in [-0.2, 0) is 22.7 Å². The minimum Gasteiger partial charge on any atom is -0.308 e. The summed E-state index contributed by atoms with van der Waals surface area (Å²) in [5.74, 6) is 0. The maximum absolute atomic E-state index is 13.3. The molecule has 1 aliphatic heterocycles. The fraction of sp³-hybridized carbons (Fsp3) is 0.261. The monoisotopic (exact) mass is 567 g/mol. The summed E-state index contributed by atoms with van der Waals surface area (Å²) in [5, 5.41) is 2.24. The highest BCUT2D eigenvalue weighted by atomic mass is 35.5. The third-order valence-electron chi connectivity index (χ3n) is 5.25. The maximum atomic E-state index is 13.3. The van der Waals surface area contributed by atoms with Gasteiger partial charge in [-0.3, -0.25) is 9.21 Å². The van der Waals surface area contributed by atoms with Crippen molar-refractivity contribution in [1.29, 1.82) is 0 Å². The zero-order chi connectivity index (χ0) is 27.8. The number of carbonyl (C=O) groups excluding carboxylic acids is 1. The molecule has 0 saturated heterocycles. The van der Waals surface area contributed by atoms with E-state index in [9.17, 15) is 39.6 Å². The first kappa shape index (κ1) is 28.4. The van der Waals surface area contributed by atoms with Crippen LogP contribution in [0.5, 0.6) is 0 Å². The number of hydrogen-bond acceptors (Lipinski definition) is 3. The van der Waals surface area contributed by atoms with E-state index in [1.807, 2.05) is 0 Å². The minimum absolute atomic E-state index is 0.0267. The summed E-state index contributed by atoms with van der Waals surface area (Å²) in [5.41, 5.74) is -0.604. The lowest BCUT2D eigenvalue weighted by Crippen LogP contribution is -2.47. The van der Waals surface area contributed by atoms with Gasteiger partial charge in [-0.1, -0.05) is 23.8 Å².